The average molecular weight is 278 g/mol. The van der Waals surface area contributed by atoms with E-state index in [1.165, 1.54) is 16.5 Å². The first-order valence-corrected chi connectivity index (χ1v) is 7.09. The van der Waals surface area contributed by atoms with Crippen molar-refractivity contribution < 1.29 is 9.84 Å². The number of ether oxygens (including phenoxy) is 1. The standard InChI is InChI=1S/C19H18O2/c1-21-19-10-5-14(6-11-19)2-3-15-4-7-17-13-18(20)9-8-16(17)12-15/h4-13,20H,2-3H2,1H3. The summed E-state index contributed by atoms with van der Waals surface area (Å²) in [7, 11) is 1.68. The lowest BCUT2D eigenvalue weighted by atomic mass is 10.0. The van der Waals surface area contributed by atoms with Gasteiger partial charge in [-0.3, -0.25) is 0 Å². The summed E-state index contributed by atoms with van der Waals surface area (Å²) >= 11 is 0. The highest BCUT2D eigenvalue weighted by Gasteiger charge is 2.00. The molecule has 21 heavy (non-hydrogen) atoms. The fraction of sp³-hybridized carbons (Fsp3) is 0.158. The molecule has 0 aliphatic heterocycles. The number of hydrogen-bond donors (Lipinski definition) is 1. The third-order valence-electron chi connectivity index (χ3n) is 3.75. The van der Waals surface area contributed by atoms with Crippen molar-refractivity contribution in [2.24, 2.45) is 0 Å². The van der Waals surface area contributed by atoms with E-state index in [4.69, 9.17) is 4.74 Å². The number of methoxy groups -OCH3 is 1. The second-order valence-corrected chi connectivity index (χ2v) is 5.21. The number of rotatable bonds is 4. The maximum Gasteiger partial charge on any atom is 0.118 e. The smallest absolute Gasteiger partial charge is 0.118 e. The average Bonchev–Trinajstić information content (AvgIpc) is 2.53. The summed E-state index contributed by atoms with van der Waals surface area (Å²) in [6.07, 6.45) is 2.01. The third kappa shape index (κ3) is 3.16. The molecule has 0 radical (unpaired) electrons. The topological polar surface area (TPSA) is 29.5 Å². The summed E-state index contributed by atoms with van der Waals surface area (Å²) in [5.41, 5.74) is 2.62. The Hall–Kier alpha value is -2.48. The Labute approximate surface area is 124 Å². The van der Waals surface area contributed by atoms with Gasteiger partial charge in [-0.15, -0.1) is 0 Å². The van der Waals surface area contributed by atoms with Crippen LogP contribution >= 0.6 is 0 Å². The summed E-state index contributed by atoms with van der Waals surface area (Å²) in [6, 6.07) is 20.1. The van der Waals surface area contributed by atoms with E-state index in [0.717, 1.165) is 24.0 Å². The van der Waals surface area contributed by atoms with Crippen LogP contribution in [0.3, 0.4) is 0 Å². The largest absolute Gasteiger partial charge is 0.508 e. The zero-order valence-electron chi connectivity index (χ0n) is 12.0. The van der Waals surface area contributed by atoms with Gasteiger partial charge >= 0.3 is 0 Å². The molecule has 106 valence electrons. The Morgan fingerprint density at radius 1 is 0.762 bits per heavy atom. The minimum Gasteiger partial charge on any atom is -0.508 e. The molecule has 0 bridgehead atoms. The molecule has 3 aromatic rings. The molecule has 0 saturated heterocycles. The van der Waals surface area contributed by atoms with Crippen LogP contribution in [0.2, 0.25) is 0 Å². The van der Waals surface area contributed by atoms with E-state index < -0.39 is 0 Å². The highest BCUT2D eigenvalue weighted by atomic mass is 16.5. The number of aromatic hydroxyl groups is 1. The second kappa shape index (κ2) is 5.88. The zero-order chi connectivity index (χ0) is 14.7. The van der Waals surface area contributed by atoms with Crippen LogP contribution in [0.1, 0.15) is 11.1 Å². The molecule has 3 rings (SSSR count). The first kappa shape index (κ1) is 13.5. The molecule has 0 unspecified atom stereocenters. The fourth-order valence-electron chi connectivity index (χ4n) is 2.52. The van der Waals surface area contributed by atoms with Gasteiger partial charge in [0.1, 0.15) is 11.5 Å². The molecule has 0 amide bonds. The van der Waals surface area contributed by atoms with E-state index in [2.05, 4.69) is 30.3 Å². The van der Waals surface area contributed by atoms with Crippen LogP contribution in [0.5, 0.6) is 11.5 Å². The van der Waals surface area contributed by atoms with Gasteiger partial charge in [0.2, 0.25) is 0 Å². The normalized spacial score (nSPS) is 10.7. The van der Waals surface area contributed by atoms with Crippen LogP contribution in [-0.2, 0) is 12.8 Å². The molecule has 3 aromatic carbocycles. The van der Waals surface area contributed by atoms with Crippen molar-refractivity contribution in [2.75, 3.05) is 7.11 Å². The first-order chi connectivity index (χ1) is 10.2. The van der Waals surface area contributed by atoms with E-state index in [-0.39, 0.29) is 0 Å². The SMILES string of the molecule is COc1ccc(CCc2ccc3cc(O)ccc3c2)cc1. The Kier molecular flexibility index (Phi) is 3.78. The van der Waals surface area contributed by atoms with Crippen LogP contribution in [0.25, 0.3) is 10.8 Å². The molecule has 0 aliphatic rings. The van der Waals surface area contributed by atoms with Crippen molar-refractivity contribution in [2.45, 2.75) is 12.8 Å². The molecule has 2 heteroatoms. The second-order valence-electron chi connectivity index (χ2n) is 5.21. The van der Waals surface area contributed by atoms with Gasteiger partial charge < -0.3 is 9.84 Å². The third-order valence-corrected chi connectivity index (χ3v) is 3.75. The monoisotopic (exact) mass is 278 g/mol. The quantitative estimate of drug-likeness (QED) is 0.769. The summed E-state index contributed by atoms with van der Waals surface area (Å²) in [6.45, 7) is 0. The molecular weight excluding hydrogens is 260 g/mol. The predicted octanol–water partition coefficient (Wildman–Crippen LogP) is 4.34. The lowest BCUT2D eigenvalue weighted by Gasteiger charge is -2.06. The van der Waals surface area contributed by atoms with Crippen LogP contribution in [0, 0.1) is 0 Å². The maximum absolute atomic E-state index is 9.48. The molecule has 0 aliphatic carbocycles. The van der Waals surface area contributed by atoms with E-state index in [1.807, 2.05) is 18.2 Å². The summed E-state index contributed by atoms with van der Waals surface area (Å²) in [5, 5.41) is 11.7. The Morgan fingerprint density at radius 3 is 2.14 bits per heavy atom. The number of phenolic OH excluding ortho intramolecular Hbond substituents is 1. The molecule has 0 spiro atoms. The van der Waals surface area contributed by atoms with Crippen molar-refractivity contribution in [3.05, 3.63) is 71.8 Å². The van der Waals surface area contributed by atoms with Crippen LogP contribution in [-0.4, -0.2) is 12.2 Å². The van der Waals surface area contributed by atoms with E-state index in [1.54, 1.807) is 19.2 Å². The van der Waals surface area contributed by atoms with Gasteiger partial charge in [0.15, 0.2) is 0 Å². The first-order valence-electron chi connectivity index (χ1n) is 7.09. The number of aryl methyl sites for hydroxylation is 2. The molecule has 0 aromatic heterocycles. The summed E-state index contributed by atoms with van der Waals surface area (Å²) < 4.78 is 5.17. The lowest BCUT2D eigenvalue weighted by Crippen LogP contribution is -1.92. The Bertz CT molecular complexity index is 745. The van der Waals surface area contributed by atoms with Gasteiger partial charge in [0, 0.05) is 0 Å². The maximum atomic E-state index is 9.48. The molecule has 0 fully saturated rings. The van der Waals surface area contributed by atoms with Crippen LogP contribution in [0.15, 0.2) is 60.7 Å². The van der Waals surface area contributed by atoms with E-state index >= 15 is 0 Å². The lowest BCUT2D eigenvalue weighted by molar-refractivity contribution is 0.414. The van der Waals surface area contributed by atoms with Crippen molar-refractivity contribution in [1.82, 2.24) is 0 Å². The fourth-order valence-corrected chi connectivity index (χ4v) is 2.52. The molecule has 2 nitrogen and oxygen atoms in total. The van der Waals surface area contributed by atoms with Crippen molar-refractivity contribution >= 4 is 10.8 Å². The van der Waals surface area contributed by atoms with Crippen molar-refractivity contribution in [1.29, 1.82) is 0 Å². The summed E-state index contributed by atoms with van der Waals surface area (Å²) in [5.74, 6) is 1.21. The number of phenols is 1. The van der Waals surface area contributed by atoms with E-state index in [0.29, 0.717) is 5.75 Å². The minimum absolute atomic E-state index is 0.313. The number of hydrogen-bond acceptors (Lipinski definition) is 2. The zero-order valence-corrected chi connectivity index (χ0v) is 12.0. The Balaban J connectivity index is 1.73. The van der Waals surface area contributed by atoms with Gasteiger partial charge in [-0.1, -0.05) is 36.4 Å². The summed E-state index contributed by atoms with van der Waals surface area (Å²) in [4.78, 5) is 0. The number of fused-ring (bicyclic) bond motifs is 1. The van der Waals surface area contributed by atoms with E-state index in [9.17, 15) is 5.11 Å². The highest BCUT2D eigenvalue weighted by Crippen LogP contribution is 2.22. The molecule has 0 atom stereocenters. The van der Waals surface area contributed by atoms with Gasteiger partial charge in [-0.2, -0.15) is 0 Å². The van der Waals surface area contributed by atoms with Crippen LogP contribution in [0.4, 0.5) is 0 Å². The molecule has 0 heterocycles. The number of benzene rings is 3. The Morgan fingerprint density at radius 2 is 1.38 bits per heavy atom. The van der Waals surface area contributed by atoms with Gasteiger partial charge in [0.25, 0.3) is 0 Å². The molecular formula is C19H18O2. The predicted molar refractivity (Wildman–Crippen MR) is 86.0 cm³/mol. The van der Waals surface area contributed by atoms with Gasteiger partial charge in [-0.05, 0) is 59.0 Å². The van der Waals surface area contributed by atoms with Crippen molar-refractivity contribution in [3.8, 4) is 11.5 Å². The van der Waals surface area contributed by atoms with Gasteiger partial charge in [0.05, 0.1) is 7.11 Å². The highest BCUT2D eigenvalue weighted by molar-refractivity contribution is 5.84. The molecule has 0 saturated carbocycles. The molecule has 1 N–H and O–H groups in total. The van der Waals surface area contributed by atoms with Crippen LogP contribution < -0.4 is 4.74 Å². The van der Waals surface area contributed by atoms with Crippen molar-refractivity contribution in [3.63, 3.8) is 0 Å². The minimum atomic E-state index is 0.313. The van der Waals surface area contributed by atoms with Gasteiger partial charge in [-0.25, -0.2) is 0 Å².